The summed E-state index contributed by atoms with van der Waals surface area (Å²) in [5.41, 5.74) is 0.200. The number of hydrogen-bond donors (Lipinski definition) is 1. The molecule has 1 amide bonds. The van der Waals surface area contributed by atoms with Crippen molar-refractivity contribution < 1.29 is 18.0 Å². The number of carbonyl (C=O) groups is 1. The Hall–Kier alpha value is -0.740. The Kier molecular flexibility index (Phi) is 4.67. The second kappa shape index (κ2) is 5.49. The van der Waals surface area contributed by atoms with E-state index in [2.05, 4.69) is 26.1 Å². The molecule has 5 heteroatoms. The van der Waals surface area contributed by atoms with Crippen molar-refractivity contribution in [2.75, 3.05) is 0 Å². The molecule has 1 N–H and O–H groups in total. The summed E-state index contributed by atoms with van der Waals surface area (Å²) in [4.78, 5) is 11.4. The van der Waals surface area contributed by atoms with Crippen molar-refractivity contribution in [1.82, 2.24) is 5.32 Å². The molecule has 1 aliphatic carbocycles. The van der Waals surface area contributed by atoms with Crippen LogP contribution in [-0.2, 0) is 4.79 Å². The van der Waals surface area contributed by atoms with E-state index in [1.165, 1.54) is 0 Å². The highest BCUT2D eigenvalue weighted by Gasteiger charge is 2.34. The minimum absolute atomic E-state index is 0.0509. The van der Waals surface area contributed by atoms with Crippen LogP contribution in [0.5, 0.6) is 0 Å². The molecule has 0 spiro atoms. The Labute approximate surface area is 106 Å². The van der Waals surface area contributed by atoms with Gasteiger partial charge in [0.15, 0.2) is 0 Å². The number of rotatable bonds is 3. The maximum absolute atomic E-state index is 12.0. The minimum atomic E-state index is -4.25. The molecule has 1 saturated carbocycles. The van der Waals surface area contributed by atoms with Gasteiger partial charge in [0.1, 0.15) is 0 Å². The molecule has 2 unspecified atom stereocenters. The second-order valence-electron chi connectivity index (χ2n) is 6.26. The predicted octanol–water partition coefficient (Wildman–Crippen LogP) is 3.66. The Morgan fingerprint density at radius 2 is 1.83 bits per heavy atom. The van der Waals surface area contributed by atoms with E-state index in [0.29, 0.717) is 5.92 Å². The topological polar surface area (TPSA) is 29.1 Å². The molecular weight excluding hydrogens is 243 g/mol. The van der Waals surface area contributed by atoms with Gasteiger partial charge in [-0.1, -0.05) is 20.8 Å². The molecule has 0 aromatic carbocycles. The predicted molar refractivity (Wildman–Crippen MR) is 64.0 cm³/mol. The highest BCUT2D eigenvalue weighted by molar-refractivity contribution is 5.76. The quantitative estimate of drug-likeness (QED) is 0.829. The maximum Gasteiger partial charge on any atom is 0.389 e. The molecule has 106 valence electrons. The molecule has 2 nitrogen and oxygen atoms in total. The fourth-order valence-electron chi connectivity index (χ4n) is 2.45. The van der Waals surface area contributed by atoms with Crippen molar-refractivity contribution in [2.45, 2.75) is 65.1 Å². The number of alkyl halides is 3. The van der Waals surface area contributed by atoms with Gasteiger partial charge in [-0.05, 0) is 30.6 Å². The zero-order valence-electron chi connectivity index (χ0n) is 11.2. The monoisotopic (exact) mass is 265 g/mol. The van der Waals surface area contributed by atoms with Crippen LogP contribution in [-0.4, -0.2) is 18.1 Å². The Balaban J connectivity index is 2.31. The minimum Gasteiger partial charge on any atom is -0.353 e. The fraction of sp³-hybridized carbons (Fsp3) is 0.923. The molecule has 0 aromatic rings. The Morgan fingerprint density at radius 3 is 2.28 bits per heavy atom. The van der Waals surface area contributed by atoms with E-state index in [1.807, 2.05) is 0 Å². The van der Waals surface area contributed by atoms with E-state index < -0.39 is 24.9 Å². The number of hydrogen-bond acceptors (Lipinski definition) is 1. The van der Waals surface area contributed by atoms with Crippen LogP contribution in [0.4, 0.5) is 13.2 Å². The summed E-state index contributed by atoms with van der Waals surface area (Å²) in [6.45, 7) is 6.47. The van der Waals surface area contributed by atoms with Crippen LogP contribution in [0.2, 0.25) is 0 Å². The zero-order chi connectivity index (χ0) is 14.0. The molecule has 0 saturated heterocycles. The molecule has 2 atom stereocenters. The lowest BCUT2D eigenvalue weighted by atomic mass is 9.80. The van der Waals surface area contributed by atoms with Crippen LogP contribution < -0.4 is 5.32 Å². The number of carbonyl (C=O) groups excluding carboxylic acids is 1. The third kappa shape index (κ3) is 5.27. The van der Waals surface area contributed by atoms with Crippen molar-refractivity contribution in [1.29, 1.82) is 0 Å². The molecule has 0 aromatic heterocycles. The van der Waals surface area contributed by atoms with Crippen LogP contribution in [0, 0.1) is 11.3 Å². The van der Waals surface area contributed by atoms with Gasteiger partial charge in [0, 0.05) is 12.5 Å². The van der Waals surface area contributed by atoms with E-state index >= 15 is 0 Å². The van der Waals surface area contributed by atoms with Gasteiger partial charge in [0.05, 0.1) is 6.42 Å². The molecule has 18 heavy (non-hydrogen) atoms. The average Bonchev–Trinajstić information content (AvgIpc) is 2.61. The summed E-state index contributed by atoms with van der Waals surface area (Å²) in [5.74, 6) is 0.0531. The molecule has 1 fully saturated rings. The molecule has 1 rings (SSSR count). The SMILES string of the molecule is CC(C)(C)C1CCC(NC(=O)CCC(F)(F)F)C1. The lowest BCUT2D eigenvalue weighted by Crippen LogP contribution is -2.34. The average molecular weight is 265 g/mol. The van der Waals surface area contributed by atoms with E-state index in [-0.39, 0.29) is 11.5 Å². The number of amides is 1. The van der Waals surface area contributed by atoms with Gasteiger partial charge >= 0.3 is 6.18 Å². The van der Waals surface area contributed by atoms with E-state index in [9.17, 15) is 18.0 Å². The third-order valence-corrected chi connectivity index (χ3v) is 3.66. The van der Waals surface area contributed by atoms with Gasteiger partial charge in [0.2, 0.25) is 5.91 Å². The summed E-state index contributed by atoms with van der Waals surface area (Å²) in [6, 6.07) is 0.0509. The van der Waals surface area contributed by atoms with Crippen LogP contribution in [0.25, 0.3) is 0 Å². The summed E-state index contributed by atoms with van der Waals surface area (Å²) in [6.07, 6.45) is -2.95. The Bertz CT molecular complexity index is 294. The summed E-state index contributed by atoms with van der Waals surface area (Å²) < 4.78 is 35.9. The zero-order valence-corrected chi connectivity index (χ0v) is 11.2. The van der Waals surface area contributed by atoms with E-state index in [1.54, 1.807) is 0 Å². The smallest absolute Gasteiger partial charge is 0.353 e. The van der Waals surface area contributed by atoms with Crippen molar-refractivity contribution in [3.63, 3.8) is 0 Å². The molecule has 1 aliphatic rings. The largest absolute Gasteiger partial charge is 0.389 e. The first-order valence-electron chi connectivity index (χ1n) is 6.44. The molecule has 0 radical (unpaired) electrons. The van der Waals surface area contributed by atoms with E-state index in [0.717, 1.165) is 19.3 Å². The molecule has 0 heterocycles. The number of halogens is 3. The fourth-order valence-corrected chi connectivity index (χ4v) is 2.45. The van der Waals surface area contributed by atoms with Gasteiger partial charge < -0.3 is 5.32 Å². The standard InChI is InChI=1S/C13H22F3NO/c1-12(2,3)9-4-5-10(8-9)17-11(18)6-7-13(14,15)16/h9-10H,4-8H2,1-3H3,(H,17,18). The van der Waals surface area contributed by atoms with Gasteiger partial charge in [-0.25, -0.2) is 0 Å². The first-order valence-corrected chi connectivity index (χ1v) is 6.44. The van der Waals surface area contributed by atoms with Crippen LogP contribution in [0.1, 0.15) is 52.9 Å². The van der Waals surface area contributed by atoms with E-state index in [4.69, 9.17) is 0 Å². The van der Waals surface area contributed by atoms with Crippen molar-refractivity contribution in [3.8, 4) is 0 Å². The first kappa shape index (κ1) is 15.3. The van der Waals surface area contributed by atoms with Crippen LogP contribution in [0.15, 0.2) is 0 Å². The van der Waals surface area contributed by atoms with Crippen LogP contribution >= 0.6 is 0 Å². The summed E-state index contributed by atoms with van der Waals surface area (Å²) in [7, 11) is 0. The molecular formula is C13H22F3NO. The highest BCUT2D eigenvalue weighted by atomic mass is 19.4. The molecule has 0 bridgehead atoms. The lowest BCUT2D eigenvalue weighted by molar-refractivity contribution is -0.144. The van der Waals surface area contributed by atoms with Gasteiger partial charge in [-0.3, -0.25) is 4.79 Å². The van der Waals surface area contributed by atoms with Gasteiger partial charge in [0.25, 0.3) is 0 Å². The summed E-state index contributed by atoms with van der Waals surface area (Å²) in [5, 5.41) is 2.71. The Morgan fingerprint density at radius 1 is 1.22 bits per heavy atom. The maximum atomic E-state index is 12.0. The van der Waals surface area contributed by atoms with Crippen molar-refractivity contribution in [2.24, 2.45) is 11.3 Å². The van der Waals surface area contributed by atoms with Crippen molar-refractivity contribution >= 4 is 5.91 Å². The van der Waals surface area contributed by atoms with Crippen LogP contribution in [0.3, 0.4) is 0 Å². The van der Waals surface area contributed by atoms with Gasteiger partial charge in [-0.2, -0.15) is 13.2 Å². The third-order valence-electron chi connectivity index (χ3n) is 3.66. The first-order chi connectivity index (χ1) is 8.08. The lowest BCUT2D eigenvalue weighted by Gasteiger charge is -2.27. The van der Waals surface area contributed by atoms with Gasteiger partial charge in [-0.15, -0.1) is 0 Å². The van der Waals surface area contributed by atoms with Crippen molar-refractivity contribution in [3.05, 3.63) is 0 Å². The second-order valence-corrected chi connectivity index (χ2v) is 6.26. The summed E-state index contributed by atoms with van der Waals surface area (Å²) >= 11 is 0. The molecule has 0 aliphatic heterocycles. The normalized spacial score (nSPS) is 25.2. The highest BCUT2D eigenvalue weighted by Crippen LogP contribution is 2.39. The number of nitrogens with one attached hydrogen (secondary N) is 1.